The standard InChI is InChI=1S/C27H22ClFN6O5/c28-17-5-4-16(19(29)12-17)14-39-24-3-1-2-22(32-24)35-10-8-25(33-35)40-15-23-30-20-6-7-21(27(36)37)31-26(20)34(23)13-18-9-11-38-18/h1-8,10,12,18H,9,11,13-15H2,(H,36,37)/t18-/m0/s1. The maximum atomic E-state index is 14.1. The monoisotopic (exact) mass is 564 g/mol. The van der Waals surface area contributed by atoms with Crippen molar-refractivity contribution in [1.29, 1.82) is 0 Å². The average Bonchev–Trinajstić information content (AvgIpc) is 3.53. The van der Waals surface area contributed by atoms with Crippen molar-refractivity contribution in [2.24, 2.45) is 0 Å². The maximum absolute atomic E-state index is 14.1. The second-order valence-electron chi connectivity index (χ2n) is 9.01. The first-order valence-corrected chi connectivity index (χ1v) is 12.7. The van der Waals surface area contributed by atoms with Crippen LogP contribution >= 0.6 is 11.6 Å². The van der Waals surface area contributed by atoms with Crippen molar-refractivity contribution in [3.63, 3.8) is 0 Å². The van der Waals surface area contributed by atoms with Crippen molar-refractivity contribution in [1.82, 2.24) is 29.3 Å². The smallest absolute Gasteiger partial charge is 0.354 e. The van der Waals surface area contributed by atoms with E-state index in [1.807, 2.05) is 4.57 Å². The largest absolute Gasteiger partial charge is 0.477 e. The number of aromatic nitrogens is 6. The summed E-state index contributed by atoms with van der Waals surface area (Å²) in [4.78, 5) is 24.8. The van der Waals surface area contributed by atoms with Crippen molar-refractivity contribution in [3.05, 3.63) is 88.7 Å². The van der Waals surface area contributed by atoms with Gasteiger partial charge in [0.05, 0.1) is 12.6 Å². The van der Waals surface area contributed by atoms with Crippen LogP contribution in [0.4, 0.5) is 4.39 Å². The molecule has 1 saturated heterocycles. The van der Waals surface area contributed by atoms with Crippen LogP contribution in [0, 0.1) is 5.82 Å². The molecule has 1 aromatic carbocycles. The van der Waals surface area contributed by atoms with Gasteiger partial charge >= 0.3 is 5.97 Å². The lowest BCUT2D eigenvalue weighted by molar-refractivity contribution is -0.0593. The quantitative estimate of drug-likeness (QED) is 0.262. The van der Waals surface area contributed by atoms with Gasteiger partial charge in [-0.25, -0.2) is 23.8 Å². The summed E-state index contributed by atoms with van der Waals surface area (Å²) < 4.78 is 34.6. The minimum atomic E-state index is -1.11. The van der Waals surface area contributed by atoms with Crippen molar-refractivity contribution in [2.75, 3.05) is 6.61 Å². The third kappa shape index (κ3) is 5.44. The van der Waals surface area contributed by atoms with Gasteiger partial charge in [-0.2, -0.15) is 4.98 Å². The van der Waals surface area contributed by atoms with Crippen LogP contribution in [0.15, 0.2) is 60.8 Å². The summed E-state index contributed by atoms with van der Waals surface area (Å²) in [5, 5.41) is 14.1. The van der Waals surface area contributed by atoms with Crippen LogP contribution < -0.4 is 9.47 Å². The maximum Gasteiger partial charge on any atom is 0.354 e. The lowest BCUT2D eigenvalue weighted by Crippen LogP contribution is -2.32. The van der Waals surface area contributed by atoms with Gasteiger partial charge in [-0.05, 0) is 36.8 Å². The van der Waals surface area contributed by atoms with E-state index in [1.54, 1.807) is 48.7 Å². The van der Waals surface area contributed by atoms with Gasteiger partial charge in [0.2, 0.25) is 11.8 Å². The van der Waals surface area contributed by atoms with Gasteiger partial charge < -0.3 is 23.9 Å². The normalized spacial score (nSPS) is 14.7. The Morgan fingerprint density at radius 3 is 2.70 bits per heavy atom. The number of benzene rings is 1. The van der Waals surface area contributed by atoms with E-state index >= 15 is 0 Å². The van der Waals surface area contributed by atoms with E-state index in [1.165, 1.54) is 16.8 Å². The molecule has 0 aliphatic carbocycles. The van der Waals surface area contributed by atoms with Crippen LogP contribution in [0.1, 0.15) is 28.3 Å². The molecule has 0 radical (unpaired) electrons. The number of hydrogen-bond donors (Lipinski definition) is 1. The number of hydrogen-bond acceptors (Lipinski definition) is 8. The molecular weight excluding hydrogens is 543 g/mol. The van der Waals surface area contributed by atoms with Gasteiger partial charge in [0.1, 0.15) is 30.4 Å². The fourth-order valence-electron chi connectivity index (χ4n) is 4.15. The number of carbonyl (C=O) groups is 1. The van der Waals surface area contributed by atoms with Crippen LogP contribution in [-0.2, 0) is 24.5 Å². The molecule has 5 heterocycles. The highest BCUT2D eigenvalue weighted by Crippen LogP contribution is 2.22. The van der Waals surface area contributed by atoms with E-state index in [0.29, 0.717) is 58.3 Å². The van der Waals surface area contributed by atoms with Gasteiger partial charge in [-0.1, -0.05) is 23.7 Å². The summed E-state index contributed by atoms with van der Waals surface area (Å²) in [6, 6.07) is 14.3. The molecule has 1 fully saturated rings. The average molecular weight is 565 g/mol. The SMILES string of the molecule is O=C(O)c1ccc2nc(COc3ccn(-c4cccc(OCc5ccc(Cl)cc5F)n4)n3)n(C[C@@H]3CCO3)c2n1. The van der Waals surface area contributed by atoms with E-state index in [9.17, 15) is 14.3 Å². The van der Waals surface area contributed by atoms with E-state index in [0.717, 1.165) is 6.42 Å². The Kier molecular flexibility index (Phi) is 7.01. The van der Waals surface area contributed by atoms with E-state index in [2.05, 4.69) is 20.1 Å². The molecule has 0 unspecified atom stereocenters. The minimum absolute atomic E-state index is 0.00222. The summed E-state index contributed by atoms with van der Waals surface area (Å²) in [5.41, 5.74) is 1.31. The molecule has 13 heteroatoms. The number of rotatable bonds is 10. The lowest BCUT2D eigenvalue weighted by atomic mass is 10.2. The van der Waals surface area contributed by atoms with Gasteiger partial charge in [0.25, 0.3) is 0 Å². The zero-order chi connectivity index (χ0) is 27.6. The van der Waals surface area contributed by atoms with Gasteiger partial charge in [0.15, 0.2) is 17.2 Å². The Labute approximate surface area is 231 Å². The Hall–Kier alpha value is -4.55. The first-order valence-electron chi connectivity index (χ1n) is 12.4. The molecular formula is C27H22ClFN6O5. The van der Waals surface area contributed by atoms with E-state index < -0.39 is 11.8 Å². The first kappa shape index (κ1) is 25.7. The number of carboxylic acid groups (broad SMARTS) is 1. The molecule has 6 rings (SSSR count). The minimum Gasteiger partial charge on any atom is -0.477 e. The van der Waals surface area contributed by atoms with Crippen LogP contribution in [0.25, 0.3) is 17.0 Å². The second kappa shape index (κ2) is 10.9. The van der Waals surface area contributed by atoms with Crippen molar-refractivity contribution in [3.8, 4) is 17.6 Å². The lowest BCUT2D eigenvalue weighted by Gasteiger charge is -2.27. The Bertz CT molecular complexity index is 1700. The second-order valence-corrected chi connectivity index (χ2v) is 9.45. The highest BCUT2D eigenvalue weighted by Gasteiger charge is 2.23. The third-order valence-electron chi connectivity index (χ3n) is 6.32. The van der Waals surface area contributed by atoms with Gasteiger partial charge in [-0.15, -0.1) is 5.10 Å². The summed E-state index contributed by atoms with van der Waals surface area (Å²) in [6.07, 6.45) is 2.59. The number of imidazole rings is 1. The molecule has 1 N–H and O–H groups in total. The van der Waals surface area contributed by atoms with Crippen molar-refractivity contribution < 1.29 is 28.5 Å². The Morgan fingerprint density at radius 2 is 1.93 bits per heavy atom. The molecule has 1 atom stereocenters. The number of nitrogens with zero attached hydrogens (tertiary/aromatic N) is 6. The van der Waals surface area contributed by atoms with Gasteiger partial charge in [0, 0.05) is 35.5 Å². The molecule has 204 valence electrons. The molecule has 0 amide bonds. The third-order valence-corrected chi connectivity index (χ3v) is 6.55. The van der Waals surface area contributed by atoms with Crippen LogP contribution in [-0.4, -0.2) is 53.1 Å². The number of ether oxygens (including phenoxy) is 3. The molecule has 11 nitrogen and oxygen atoms in total. The zero-order valence-corrected chi connectivity index (χ0v) is 21.7. The number of pyridine rings is 2. The zero-order valence-electron chi connectivity index (χ0n) is 20.9. The van der Waals surface area contributed by atoms with E-state index in [4.69, 9.17) is 25.8 Å². The molecule has 0 saturated carbocycles. The predicted molar refractivity (Wildman–Crippen MR) is 140 cm³/mol. The predicted octanol–water partition coefficient (Wildman–Crippen LogP) is 4.45. The first-order chi connectivity index (χ1) is 19.4. The number of fused-ring (bicyclic) bond motifs is 1. The van der Waals surface area contributed by atoms with Crippen LogP contribution in [0.5, 0.6) is 11.8 Å². The molecule has 5 aromatic rings. The van der Waals surface area contributed by atoms with Gasteiger partial charge in [-0.3, -0.25) is 0 Å². The number of halogens is 2. The summed E-state index contributed by atoms with van der Waals surface area (Å²) in [7, 11) is 0. The Balaban J connectivity index is 1.16. The fourth-order valence-corrected chi connectivity index (χ4v) is 4.31. The van der Waals surface area contributed by atoms with Crippen molar-refractivity contribution >= 4 is 28.7 Å². The highest BCUT2D eigenvalue weighted by atomic mass is 35.5. The van der Waals surface area contributed by atoms with Crippen LogP contribution in [0.2, 0.25) is 5.02 Å². The molecule has 0 bridgehead atoms. The summed E-state index contributed by atoms with van der Waals surface area (Å²) in [6.45, 7) is 1.23. The van der Waals surface area contributed by atoms with Crippen LogP contribution in [0.3, 0.4) is 0 Å². The number of aromatic carboxylic acids is 1. The summed E-state index contributed by atoms with van der Waals surface area (Å²) in [5.74, 6) is 0.100. The van der Waals surface area contributed by atoms with Crippen molar-refractivity contribution in [2.45, 2.75) is 32.3 Å². The fraction of sp³-hybridized carbons (Fsp3) is 0.222. The number of carboxylic acids is 1. The highest BCUT2D eigenvalue weighted by molar-refractivity contribution is 6.30. The molecule has 4 aromatic heterocycles. The summed E-state index contributed by atoms with van der Waals surface area (Å²) >= 11 is 5.81. The molecule has 40 heavy (non-hydrogen) atoms. The Morgan fingerprint density at radius 1 is 1.07 bits per heavy atom. The molecule has 1 aliphatic rings. The molecule has 0 spiro atoms. The molecule has 1 aliphatic heterocycles. The van der Waals surface area contributed by atoms with E-state index in [-0.39, 0.29) is 25.0 Å². The topological polar surface area (TPSA) is 126 Å².